The third kappa shape index (κ3) is 6.04. The molecule has 0 amide bonds. The lowest BCUT2D eigenvalue weighted by Gasteiger charge is -2.27. The van der Waals surface area contributed by atoms with Gasteiger partial charge in [0.1, 0.15) is 0 Å². The molecule has 0 spiro atoms. The summed E-state index contributed by atoms with van der Waals surface area (Å²) in [6.07, 6.45) is 16.7. The van der Waals surface area contributed by atoms with Crippen molar-refractivity contribution < 1.29 is 4.74 Å². The molecule has 1 aliphatic carbocycles. The van der Waals surface area contributed by atoms with Crippen LogP contribution in [0.5, 0.6) is 0 Å². The van der Waals surface area contributed by atoms with E-state index in [2.05, 4.69) is 61.7 Å². The van der Waals surface area contributed by atoms with Crippen LogP contribution in [-0.4, -0.2) is 18.7 Å². The second kappa shape index (κ2) is 11.2. The fourth-order valence-corrected chi connectivity index (χ4v) is 4.24. The summed E-state index contributed by atoms with van der Waals surface area (Å²) in [4.78, 5) is 4.70. The normalized spacial score (nSPS) is 19.9. The Kier molecular flexibility index (Phi) is 8.29. The quantitative estimate of drug-likeness (QED) is 0.348. The smallest absolute Gasteiger partial charge is 0.0702 e. The standard InChI is InChI=1S/C26H35NO/c1-3-4-5-7-22-11-18-26(27-20-22)25-16-14-24(15-17-25)23-12-9-21(10-13-23)8-6-19-28-2/h6,8,11,14-18,20-21,23H,3-5,7,9-10,12-13,19H2,1-2H3/b8-6+/t21-,23-. The van der Waals surface area contributed by atoms with E-state index >= 15 is 0 Å². The zero-order valence-corrected chi connectivity index (χ0v) is 17.6. The maximum atomic E-state index is 5.11. The molecule has 1 fully saturated rings. The van der Waals surface area contributed by atoms with Crippen molar-refractivity contribution >= 4 is 0 Å². The summed E-state index contributed by atoms with van der Waals surface area (Å²) in [7, 11) is 1.75. The van der Waals surface area contributed by atoms with Gasteiger partial charge >= 0.3 is 0 Å². The molecule has 150 valence electrons. The molecule has 2 aromatic rings. The van der Waals surface area contributed by atoms with E-state index < -0.39 is 0 Å². The lowest BCUT2D eigenvalue weighted by atomic mass is 9.78. The van der Waals surface area contributed by atoms with Gasteiger partial charge in [-0.2, -0.15) is 0 Å². The van der Waals surface area contributed by atoms with Gasteiger partial charge in [-0.1, -0.05) is 62.2 Å². The first-order valence-corrected chi connectivity index (χ1v) is 11.0. The van der Waals surface area contributed by atoms with Crippen molar-refractivity contribution in [2.45, 2.75) is 64.2 Å². The molecule has 0 unspecified atom stereocenters. The van der Waals surface area contributed by atoms with Crippen LogP contribution in [0.2, 0.25) is 0 Å². The first kappa shape index (κ1) is 20.8. The number of methoxy groups -OCH3 is 1. The van der Waals surface area contributed by atoms with Crippen LogP contribution in [0.25, 0.3) is 11.3 Å². The van der Waals surface area contributed by atoms with Crippen molar-refractivity contribution in [3.05, 3.63) is 65.9 Å². The summed E-state index contributed by atoms with van der Waals surface area (Å²) < 4.78 is 5.11. The minimum Gasteiger partial charge on any atom is -0.381 e. The molecule has 0 bridgehead atoms. The second-order valence-corrected chi connectivity index (χ2v) is 8.13. The first-order chi connectivity index (χ1) is 13.8. The van der Waals surface area contributed by atoms with E-state index in [1.54, 1.807) is 7.11 Å². The molecule has 1 saturated carbocycles. The van der Waals surface area contributed by atoms with Crippen LogP contribution in [0.3, 0.4) is 0 Å². The van der Waals surface area contributed by atoms with Crippen molar-refractivity contribution in [1.29, 1.82) is 0 Å². The van der Waals surface area contributed by atoms with Crippen molar-refractivity contribution in [3.8, 4) is 11.3 Å². The van der Waals surface area contributed by atoms with Crippen molar-refractivity contribution in [2.24, 2.45) is 5.92 Å². The van der Waals surface area contributed by atoms with E-state index in [1.165, 1.54) is 61.6 Å². The number of allylic oxidation sites excluding steroid dienone is 1. The summed E-state index contributed by atoms with van der Waals surface area (Å²) in [5.41, 5.74) is 5.14. The average molecular weight is 378 g/mol. The van der Waals surface area contributed by atoms with Gasteiger partial charge in [0.05, 0.1) is 12.3 Å². The summed E-state index contributed by atoms with van der Waals surface area (Å²) in [6, 6.07) is 13.5. The Morgan fingerprint density at radius 1 is 1.00 bits per heavy atom. The Labute approximate surface area is 171 Å². The van der Waals surface area contributed by atoms with E-state index in [0.717, 1.165) is 24.6 Å². The van der Waals surface area contributed by atoms with Gasteiger partial charge < -0.3 is 4.74 Å². The van der Waals surface area contributed by atoms with Crippen LogP contribution < -0.4 is 0 Å². The maximum Gasteiger partial charge on any atom is 0.0702 e. The Balaban J connectivity index is 1.54. The highest BCUT2D eigenvalue weighted by Gasteiger charge is 2.20. The van der Waals surface area contributed by atoms with E-state index in [0.29, 0.717) is 5.92 Å². The number of aromatic nitrogens is 1. The number of aryl methyl sites for hydroxylation is 1. The van der Waals surface area contributed by atoms with Crippen molar-refractivity contribution in [3.63, 3.8) is 0 Å². The molecule has 2 heteroatoms. The number of hydrogen-bond acceptors (Lipinski definition) is 2. The number of nitrogens with zero attached hydrogens (tertiary/aromatic N) is 1. The van der Waals surface area contributed by atoms with Gasteiger partial charge in [-0.15, -0.1) is 0 Å². The van der Waals surface area contributed by atoms with Gasteiger partial charge in [0.2, 0.25) is 0 Å². The lowest BCUT2D eigenvalue weighted by molar-refractivity contribution is 0.233. The van der Waals surface area contributed by atoms with Gasteiger partial charge in [-0.05, 0) is 67.6 Å². The molecule has 3 rings (SSSR count). The highest BCUT2D eigenvalue weighted by Crippen LogP contribution is 2.36. The number of pyridine rings is 1. The van der Waals surface area contributed by atoms with E-state index in [1.807, 2.05) is 0 Å². The first-order valence-electron chi connectivity index (χ1n) is 11.0. The molecule has 0 atom stereocenters. The predicted molar refractivity (Wildman–Crippen MR) is 119 cm³/mol. The fraction of sp³-hybridized carbons (Fsp3) is 0.500. The number of hydrogen-bond donors (Lipinski definition) is 0. The SMILES string of the molecule is CCCCCc1ccc(-c2ccc([C@H]3CC[C@H](/C=C/COC)CC3)cc2)nc1. The highest BCUT2D eigenvalue weighted by atomic mass is 16.5. The summed E-state index contributed by atoms with van der Waals surface area (Å²) in [5.74, 6) is 1.43. The molecule has 2 nitrogen and oxygen atoms in total. The molecule has 0 radical (unpaired) electrons. The fourth-order valence-electron chi connectivity index (χ4n) is 4.24. The lowest BCUT2D eigenvalue weighted by Crippen LogP contribution is -2.11. The monoisotopic (exact) mass is 377 g/mol. The zero-order valence-electron chi connectivity index (χ0n) is 17.6. The maximum absolute atomic E-state index is 5.11. The summed E-state index contributed by atoms with van der Waals surface area (Å²) >= 11 is 0. The van der Waals surface area contributed by atoms with Crippen LogP contribution in [0, 0.1) is 5.92 Å². The molecular weight excluding hydrogens is 342 g/mol. The Morgan fingerprint density at radius 2 is 1.79 bits per heavy atom. The van der Waals surface area contributed by atoms with E-state index in [-0.39, 0.29) is 0 Å². The van der Waals surface area contributed by atoms with Crippen LogP contribution >= 0.6 is 0 Å². The minimum absolute atomic E-state index is 0.704. The largest absolute Gasteiger partial charge is 0.381 e. The summed E-state index contributed by atoms with van der Waals surface area (Å²) in [5, 5.41) is 0. The number of ether oxygens (including phenoxy) is 1. The van der Waals surface area contributed by atoms with Gasteiger partial charge in [-0.3, -0.25) is 4.98 Å². The summed E-state index contributed by atoms with van der Waals surface area (Å²) in [6.45, 7) is 2.98. The van der Waals surface area contributed by atoms with Crippen molar-refractivity contribution in [1.82, 2.24) is 4.98 Å². The molecule has 1 aromatic heterocycles. The number of rotatable bonds is 9. The molecule has 28 heavy (non-hydrogen) atoms. The predicted octanol–water partition coefficient (Wildman–Crippen LogP) is 6.96. The Bertz CT molecular complexity index is 709. The van der Waals surface area contributed by atoms with Crippen LogP contribution in [0.1, 0.15) is 68.9 Å². The number of benzene rings is 1. The van der Waals surface area contributed by atoms with Gasteiger partial charge in [0, 0.05) is 18.9 Å². The van der Waals surface area contributed by atoms with E-state index in [9.17, 15) is 0 Å². The molecule has 1 heterocycles. The van der Waals surface area contributed by atoms with Gasteiger partial charge in [-0.25, -0.2) is 0 Å². The van der Waals surface area contributed by atoms with Crippen molar-refractivity contribution in [2.75, 3.05) is 13.7 Å². The molecule has 1 aromatic carbocycles. The number of unbranched alkanes of at least 4 members (excludes halogenated alkanes) is 2. The molecular formula is C26H35NO. The molecule has 1 aliphatic rings. The Morgan fingerprint density at radius 3 is 2.43 bits per heavy atom. The van der Waals surface area contributed by atoms with Crippen LogP contribution in [-0.2, 0) is 11.2 Å². The van der Waals surface area contributed by atoms with Crippen LogP contribution in [0.4, 0.5) is 0 Å². The third-order valence-corrected chi connectivity index (χ3v) is 6.01. The third-order valence-electron chi connectivity index (χ3n) is 6.01. The molecule has 0 N–H and O–H groups in total. The Hall–Kier alpha value is -1.93. The second-order valence-electron chi connectivity index (χ2n) is 8.13. The topological polar surface area (TPSA) is 22.1 Å². The zero-order chi connectivity index (χ0) is 19.6. The van der Waals surface area contributed by atoms with Gasteiger partial charge in [0.15, 0.2) is 0 Å². The molecule has 0 aliphatic heterocycles. The minimum atomic E-state index is 0.704. The average Bonchev–Trinajstić information content (AvgIpc) is 2.75. The highest BCUT2D eigenvalue weighted by molar-refractivity contribution is 5.59. The van der Waals surface area contributed by atoms with Gasteiger partial charge in [0.25, 0.3) is 0 Å². The van der Waals surface area contributed by atoms with E-state index in [4.69, 9.17) is 9.72 Å². The molecule has 0 saturated heterocycles. The van der Waals surface area contributed by atoms with Crippen LogP contribution in [0.15, 0.2) is 54.7 Å².